The van der Waals surface area contributed by atoms with Crippen molar-refractivity contribution in [3.8, 4) is 0 Å². The molecule has 1 saturated heterocycles. The molecule has 1 aromatic rings. The maximum atomic E-state index is 11.6. The van der Waals surface area contributed by atoms with Crippen LogP contribution >= 0.6 is 15.9 Å². The maximum Gasteiger partial charge on any atom is 0.219 e. The zero-order chi connectivity index (χ0) is 12.7. The predicted molar refractivity (Wildman–Crippen MR) is 75.4 cm³/mol. The molecule has 0 saturated carbocycles. The van der Waals surface area contributed by atoms with Gasteiger partial charge >= 0.3 is 0 Å². The van der Waals surface area contributed by atoms with Gasteiger partial charge in [-0.1, -0.05) is 15.9 Å². The Bertz CT molecular complexity index is 539. The fourth-order valence-corrected chi connectivity index (χ4v) is 3.28. The van der Waals surface area contributed by atoms with E-state index < -0.39 is 0 Å². The highest BCUT2D eigenvalue weighted by atomic mass is 79.9. The summed E-state index contributed by atoms with van der Waals surface area (Å²) in [7, 11) is 0. The highest BCUT2D eigenvalue weighted by Gasteiger charge is 2.32. The Kier molecular flexibility index (Phi) is 2.98. The molecule has 4 heteroatoms. The van der Waals surface area contributed by atoms with Crippen LogP contribution in [0, 0.1) is 0 Å². The second-order valence-electron chi connectivity index (χ2n) is 4.92. The number of nitrogens with zero attached hydrogens (tertiary/aromatic N) is 2. The van der Waals surface area contributed by atoms with Crippen LogP contribution in [0.15, 0.2) is 27.7 Å². The molecule has 0 spiro atoms. The van der Waals surface area contributed by atoms with Crippen LogP contribution < -0.4 is 0 Å². The van der Waals surface area contributed by atoms with Gasteiger partial charge in [0.05, 0.1) is 11.7 Å². The number of hydrogen-bond acceptors (Lipinski definition) is 2. The fraction of sp³-hybridized carbons (Fsp3) is 0.429. The van der Waals surface area contributed by atoms with E-state index in [1.54, 1.807) is 6.92 Å². The van der Waals surface area contributed by atoms with Crippen LogP contribution in [0.1, 0.15) is 25.3 Å². The summed E-state index contributed by atoms with van der Waals surface area (Å²) in [5, 5.41) is 0. The first-order valence-corrected chi connectivity index (χ1v) is 7.07. The number of benzene rings is 1. The lowest BCUT2D eigenvalue weighted by Crippen LogP contribution is -2.39. The third kappa shape index (κ3) is 1.99. The molecule has 0 unspecified atom stereocenters. The Morgan fingerprint density at radius 3 is 3.11 bits per heavy atom. The summed E-state index contributed by atoms with van der Waals surface area (Å²) in [6.45, 7) is 2.52. The monoisotopic (exact) mass is 306 g/mol. The van der Waals surface area contributed by atoms with Crippen molar-refractivity contribution in [2.45, 2.75) is 32.2 Å². The molecule has 2 aliphatic heterocycles. The lowest BCUT2D eigenvalue weighted by atomic mass is 10.0. The molecule has 1 aromatic carbocycles. The Morgan fingerprint density at radius 2 is 2.33 bits per heavy atom. The molecule has 94 valence electrons. The zero-order valence-corrected chi connectivity index (χ0v) is 11.9. The fourth-order valence-electron chi connectivity index (χ4n) is 2.88. The first-order valence-electron chi connectivity index (χ1n) is 6.28. The van der Waals surface area contributed by atoms with Gasteiger partial charge in [0.2, 0.25) is 5.91 Å². The largest absolute Gasteiger partial charge is 0.335 e. The van der Waals surface area contributed by atoms with Crippen molar-refractivity contribution in [1.29, 1.82) is 0 Å². The lowest BCUT2D eigenvalue weighted by Gasteiger charge is -2.23. The van der Waals surface area contributed by atoms with Crippen LogP contribution in [0.4, 0.5) is 5.69 Å². The van der Waals surface area contributed by atoms with Crippen LogP contribution in [0.3, 0.4) is 0 Å². The topological polar surface area (TPSA) is 32.7 Å². The number of fused-ring (bicyclic) bond motifs is 1. The molecule has 18 heavy (non-hydrogen) atoms. The highest BCUT2D eigenvalue weighted by molar-refractivity contribution is 9.10. The minimum absolute atomic E-state index is 0.164. The van der Waals surface area contributed by atoms with Crippen LogP contribution in [-0.2, 0) is 11.2 Å². The lowest BCUT2D eigenvalue weighted by molar-refractivity contribution is -0.128. The summed E-state index contributed by atoms with van der Waals surface area (Å²) in [5.41, 5.74) is 3.47. The van der Waals surface area contributed by atoms with E-state index in [1.807, 2.05) is 17.0 Å². The zero-order valence-electron chi connectivity index (χ0n) is 10.3. The maximum absolute atomic E-state index is 11.6. The van der Waals surface area contributed by atoms with E-state index in [0.717, 1.165) is 41.7 Å². The molecule has 1 fully saturated rings. The van der Waals surface area contributed by atoms with E-state index in [0.29, 0.717) is 0 Å². The second-order valence-corrected chi connectivity index (χ2v) is 5.84. The third-order valence-electron chi connectivity index (χ3n) is 3.72. The molecule has 0 aromatic heterocycles. The molecule has 0 N–H and O–H groups in total. The molecule has 0 aliphatic carbocycles. The van der Waals surface area contributed by atoms with Crippen molar-refractivity contribution < 1.29 is 4.79 Å². The summed E-state index contributed by atoms with van der Waals surface area (Å²) in [4.78, 5) is 18.3. The summed E-state index contributed by atoms with van der Waals surface area (Å²) in [6.07, 6.45) is 3.01. The molecule has 2 aliphatic rings. The van der Waals surface area contributed by atoms with E-state index in [-0.39, 0.29) is 11.9 Å². The van der Waals surface area contributed by atoms with Crippen LogP contribution in [-0.4, -0.2) is 29.1 Å². The number of amides is 1. The van der Waals surface area contributed by atoms with Gasteiger partial charge in [0.1, 0.15) is 0 Å². The molecular weight excluding hydrogens is 292 g/mol. The molecule has 0 bridgehead atoms. The van der Waals surface area contributed by atoms with E-state index >= 15 is 0 Å². The summed E-state index contributed by atoms with van der Waals surface area (Å²) in [6, 6.07) is 6.40. The van der Waals surface area contributed by atoms with E-state index in [9.17, 15) is 4.79 Å². The Labute approximate surface area is 115 Å². The van der Waals surface area contributed by atoms with Crippen LogP contribution in [0.2, 0.25) is 0 Å². The van der Waals surface area contributed by atoms with Crippen molar-refractivity contribution in [3.63, 3.8) is 0 Å². The normalized spacial score (nSPS) is 22.0. The number of aliphatic imine (C=N–C) groups is 1. The van der Waals surface area contributed by atoms with Crippen molar-refractivity contribution in [2.75, 3.05) is 6.54 Å². The van der Waals surface area contributed by atoms with E-state index in [1.165, 1.54) is 5.56 Å². The standard InChI is InChI=1S/C14H15BrN2O/c1-9(18)17-6-2-3-14(17)13-8-10-7-11(15)4-5-12(10)16-13/h4-5,7,14H,2-3,6,8H2,1H3/t14-/m0/s1. The molecule has 3 rings (SSSR count). The molecular formula is C14H15BrN2O. The minimum atomic E-state index is 0.164. The first-order chi connectivity index (χ1) is 8.65. The van der Waals surface area contributed by atoms with Gasteiger partial charge in [0.15, 0.2) is 0 Å². The van der Waals surface area contributed by atoms with Gasteiger partial charge in [-0.05, 0) is 36.6 Å². The molecule has 3 nitrogen and oxygen atoms in total. The van der Waals surface area contributed by atoms with E-state index in [4.69, 9.17) is 4.99 Å². The highest BCUT2D eigenvalue weighted by Crippen LogP contribution is 2.33. The third-order valence-corrected chi connectivity index (χ3v) is 4.21. The summed E-state index contributed by atoms with van der Waals surface area (Å²) in [5.74, 6) is 0.164. The van der Waals surface area contributed by atoms with Gasteiger partial charge in [0, 0.05) is 30.1 Å². The summed E-state index contributed by atoms with van der Waals surface area (Å²) >= 11 is 3.49. The average Bonchev–Trinajstić information content (AvgIpc) is 2.93. The van der Waals surface area contributed by atoms with Gasteiger partial charge in [-0.25, -0.2) is 0 Å². The smallest absolute Gasteiger partial charge is 0.219 e. The Balaban J connectivity index is 1.86. The van der Waals surface area contributed by atoms with Gasteiger partial charge in [0.25, 0.3) is 0 Å². The number of carbonyl (C=O) groups excluding carboxylic acids is 1. The molecule has 0 radical (unpaired) electrons. The predicted octanol–water partition coefficient (Wildman–Crippen LogP) is 3.09. The summed E-state index contributed by atoms with van der Waals surface area (Å²) < 4.78 is 1.09. The Hall–Kier alpha value is -1.16. The van der Waals surface area contributed by atoms with Gasteiger partial charge in [-0.3, -0.25) is 9.79 Å². The van der Waals surface area contributed by atoms with Crippen molar-refractivity contribution >= 4 is 33.2 Å². The second kappa shape index (κ2) is 4.50. The van der Waals surface area contributed by atoms with Crippen LogP contribution in [0.25, 0.3) is 0 Å². The van der Waals surface area contributed by atoms with Crippen molar-refractivity contribution in [3.05, 3.63) is 28.2 Å². The molecule has 1 amide bonds. The van der Waals surface area contributed by atoms with Crippen molar-refractivity contribution in [1.82, 2.24) is 4.90 Å². The number of hydrogen-bond donors (Lipinski definition) is 0. The SMILES string of the molecule is CC(=O)N1CCC[C@H]1C1=Nc2ccc(Br)cc2C1. The van der Waals surface area contributed by atoms with Gasteiger partial charge in [-0.2, -0.15) is 0 Å². The van der Waals surface area contributed by atoms with Gasteiger partial charge < -0.3 is 4.90 Å². The molecule has 2 heterocycles. The van der Waals surface area contributed by atoms with Gasteiger partial charge in [-0.15, -0.1) is 0 Å². The molecule has 1 atom stereocenters. The van der Waals surface area contributed by atoms with Crippen molar-refractivity contribution in [2.24, 2.45) is 4.99 Å². The van der Waals surface area contributed by atoms with Crippen LogP contribution in [0.5, 0.6) is 0 Å². The number of likely N-dealkylation sites (tertiary alicyclic amines) is 1. The number of carbonyl (C=O) groups is 1. The Morgan fingerprint density at radius 1 is 1.50 bits per heavy atom. The first kappa shape index (κ1) is 11.9. The van der Waals surface area contributed by atoms with E-state index in [2.05, 4.69) is 22.0 Å². The average molecular weight is 307 g/mol. The number of halogens is 1. The minimum Gasteiger partial charge on any atom is -0.335 e. The quantitative estimate of drug-likeness (QED) is 0.785. The number of rotatable bonds is 1.